The van der Waals surface area contributed by atoms with Crippen molar-refractivity contribution < 1.29 is 12.9 Å². The molecular weight excluding hydrogens is 396 g/mol. The van der Waals surface area contributed by atoms with Gasteiger partial charge in [-0.3, -0.25) is 0 Å². The molecule has 0 heterocycles. The smallest absolute Gasteiger partial charge is 0.155 e. The van der Waals surface area contributed by atoms with Crippen molar-refractivity contribution in [2.24, 2.45) is 0 Å². The van der Waals surface area contributed by atoms with Gasteiger partial charge in [-0.05, 0) is 0 Å². The van der Waals surface area contributed by atoms with Crippen LogP contribution in [-0.4, -0.2) is 23.0 Å². The second-order valence-corrected chi connectivity index (χ2v) is 10.5. The third kappa shape index (κ3) is 5.98. The van der Waals surface area contributed by atoms with Crippen molar-refractivity contribution in [2.75, 3.05) is 0 Å². The van der Waals surface area contributed by atoms with Crippen molar-refractivity contribution in [1.82, 2.24) is 0 Å². The Labute approximate surface area is 126 Å². The van der Waals surface area contributed by atoms with Gasteiger partial charge in [-0.15, -0.1) is 0 Å². The van der Waals surface area contributed by atoms with Gasteiger partial charge in [-0.2, -0.15) is 0 Å². The summed E-state index contributed by atoms with van der Waals surface area (Å²) in [4.78, 5) is 0. The average Bonchev–Trinajstić information content (AvgIpc) is 2.18. The van der Waals surface area contributed by atoms with E-state index in [1.165, 1.54) is 11.4 Å². The zero-order valence-electron chi connectivity index (χ0n) is 8.64. The Morgan fingerprint density at radius 1 is 0.824 bits per heavy atom. The molecule has 0 saturated heterocycles. The van der Waals surface area contributed by atoms with E-state index in [0.29, 0.717) is 0 Å². The standard InChI is InChI=1S/C6HCl5O.C2H7AsO2/c7-1-2(8)4(10)6(12)5(11)3(1)9;1-3(2,4)5/h12H;1-2H3,(H,4,5). The van der Waals surface area contributed by atoms with Crippen LogP contribution in [0, 0.1) is 0 Å². The minimum Gasteiger partial charge on any atom is -0.505 e. The molecule has 2 N–H and O–H groups in total. The van der Waals surface area contributed by atoms with E-state index in [2.05, 4.69) is 0 Å². The molecule has 1 rings (SSSR count). The van der Waals surface area contributed by atoms with Crippen LogP contribution in [0.3, 0.4) is 0 Å². The van der Waals surface area contributed by atoms with Crippen LogP contribution in [0.1, 0.15) is 0 Å². The van der Waals surface area contributed by atoms with E-state index in [4.69, 9.17) is 62.1 Å². The molecule has 0 aliphatic carbocycles. The van der Waals surface area contributed by atoms with Crippen LogP contribution in [0.15, 0.2) is 0 Å². The molecule has 0 radical (unpaired) electrons. The molecule has 98 valence electrons. The molecule has 0 saturated carbocycles. The van der Waals surface area contributed by atoms with Gasteiger partial charge in [0.05, 0.1) is 15.1 Å². The second kappa shape index (κ2) is 6.81. The third-order valence-electron chi connectivity index (χ3n) is 1.19. The summed E-state index contributed by atoms with van der Waals surface area (Å²) >= 11 is 24.8. The molecule has 0 spiro atoms. The fourth-order valence-corrected chi connectivity index (χ4v) is 1.72. The Morgan fingerprint density at radius 2 is 1.00 bits per heavy atom. The van der Waals surface area contributed by atoms with Gasteiger partial charge in [0.1, 0.15) is 10.0 Å². The minimum atomic E-state index is -3.12. The van der Waals surface area contributed by atoms with Crippen molar-refractivity contribution in [1.29, 1.82) is 0 Å². The predicted molar refractivity (Wildman–Crippen MR) is 73.5 cm³/mol. The maximum absolute atomic E-state index is 9.83. The number of hydrogen-bond acceptors (Lipinski definition) is 2. The molecule has 0 aromatic heterocycles. The second-order valence-electron chi connectivity index (χ2n) is 3.21. The summed E-state index contributed by atoms with van der Waals surface area (Å²) in [7, 11) is 0. The summed E-state index contributed by atoms with van der Waals surface area (Å²) < 4.78 is 18.0. The Balaban J connectivity index is 0.000000437. The normalized spacial score (nSPS) is 10.8. The molecular formula is C8H8AsCl5O3. The maximum Gasteiger partial charge on any atom is 0.155 e. The molecule has 3 nitrogen and oxygen atoms in total. The number of rotatable bonds is 0. The monoisotopic (exact) mass is 402 g/mol. The first kappa shape index (κ1) is 17.8. The molecule has 0 fully saturated rings. The number of benzene rings is 1. The van der Waals surface area contributed by atoms with Crippen LogP contribution in [0.5, 0.6) is 5.75 Å². The van der Waals surface area contributed by atoms with Crippen LogP contribution < -0.4 is 0 Å². The van der Waals surface area contributed by atoms with E-state index in [0.717, 1.165) is 0 Å². The first-order valence-electron chi connectivity index (χ1n) is 3.95. The first-order chi connectivity index (χ1) is 7.46. The van der Waals surface area contributed by atoms with Gasteiger partial charge in [0.25, 0.3) is 0 Å². The van der Waals surface area contributed by atoms with Gasteiger partial charge in [0.2, 0.25) is 0 Å². The van der Waals surface area contributed by atoms with E-state index in [1.807, 2.05) is 0 Å². The molecule has 9 heteroatoms. The van der Waals surface area contributed by atoms with E-state index in [-0.39, 0.29) is 30.9 Å². The molecule has 0 atom stereocenters. The zero-order chi connectivity index (χ0) is 14.0. The van der Waals surface area contributed by atoms with Gasteiger partial charge in [-0.25, -0.2) is 0 Å². The summed E-state index contributed by atoms with van der Waals surface area (Å²) in [6.07, 6.45) is 0. The Kier molecular flexibility index (Phi) is 7.13. The molecule has 0 bridgehead atoms. The van der Waals surface area contributed by atoms with E-state index in [9.17, 15) is 8.85 Å². The summed E-state index contributed by atoms with van der Waals surface area (Å²) in [5, 5.41) is 9.01. The van der Waals surface area contributed by atoms with Crippen molar-refractivity contribution in [2.45, 2.75) is 11.4 Å². The quantitative estimate of drug-likeness (QED) is 0.372. The van der Waals surface area contributed by atoms with Crippen LogP contribution in [-0.2, 0) is 3.74 Å². The van der Waals surface area contributed by atoms with Crippen molar-refractivity contribution in [3.05, 3.63) is 25.1 Å². The topological polar surface area (TPSA) is 57.5 Å². The number of halogens is 5. The fraction of sp³-hybridized carbons (Fsp3) is 0.250. The summed E-state index contributed by atoms with van der Waals surface area (Å²) in [6, 6.07) is 0. The third-order valence-corrected chi connectivity index (χ3v) is 3.44. The van der Waals surface area contributed by atoms with Crippen LogP contribution in [0.4, 0.5) is 0 Å². The molecule has 0 amide bonds. The van der Waals surface area contributed by atoms with Crippen LogP contribution >= 0.6 is 58.0 Å². The van der Waals surface area contributed by atoms with Crippen LogP contribution in [0.25, 0.3) is 0 Å². The number of hydrogen-bond donors (Lipinski definition) is 2. The maximum atomic E-state index is 9.83. The zero-order valence-corrected chi connectivity index (χ0v) is 14.3. The van der Waals surface area contributed by atoms with Gasteiger partial charge in [0.15, 0.2) is 5.75 Å². The molecule has 1 aromatic rings. The van der Waals surface area contributed by atoms with E-state index in [1.54, 1.807) is 0 Å². The number of phenolic OH excluding ortho intramolecular Hbond substituents is 1. The van der Waals surface area contributed by atoms with Crippen LogP contribution in [0.2, 0.25) is 36.5 Å². The van der Waals surface area contributed by atoms with Gasteiger partial charge < -0.3 is 5.11 Å². The first-order valence-corrected chi connectivity index (χ1v) is 11.2. The van der Waals surface area contributed by atoms with Gasteiger partial charge >= 0.3 is 33.1 Å². The van der Waals surface area contributed by atoms with Crippen molar-refractivity contribution in [3.8, 4) is 5.75 Å². The van der Waals surface area contributed by atoms with E-state index >= 15 is 0 Å². The van der Waals surface area contributed by atoms with Gasteiger partial charge in [-0.1, -0.05) is 58.0 Å². The number of aromatic hydroxyl groups is 1. The summed E-state index contributed by atoms with van der Waals surface area (Å²) in [6.45, 7) is 0. The molecule has 0 aliphatic rings. The predicted octanol–water partition coefficient (Wildman–Crippen LogP) is 4.77. The van der Waals surface area contributed by atoms with E-state index < -0.39 is 13.8 Å². The Morgan fingerprint density at radius 3 is 1.24 bits per heavy atom. The SMILES string of the molecule is C[As](C)(=O)O.Oc1c(Cl)c(Cl)c(Cl)c(Cl)c1Cl. The van der Waals surface area contributed by atoms with Crippen molar-refractivity contribution in [3.63, 3.8) is 0 Å². The number of phenols is 1. The van der Waals surface area contributed by atoms with Crippen molar-refractivity contribution >= 4 is 71.8 Å². The molecule has 1 aromatic carbocycles. The molecule has 0 unspecified atom stereocenters. The van der Waals surface area contributed by atoms with Gasteiger partial charge in [0, 0.05) is 0 Å². The molecule has 17 heavy (non-hydrogen) atoms. The molecule has 0 aliphatic heterocycles. The fourth-order valence-electron chi connectivity index (χ4n) is 0.593. The summed E-state index contributed by atoms with van der Waals surface area (Å²) in [5.74, 6) is -0.363. The average molecular weight is 404 g/mol. The Hall–Kier alpha value is 0.788. The Bertz CT molecular complexity index is 357. The summed E-state index contributed by atoms with van der Waals surface area (Å²) in [5.41, 5.74) is 2.72. The largest absolute Gasteiger partial charge is 0.505 e. The minimum absolute atomic E-state index is 0.00904.